The van der Waals surface area contributed by atoms with E-state index in [2.05, 4.69) is 29.4 Å². The first-order valence-corrected chi connectivity index (χ1v) is 9.84. The Hall–Kier alpha value is -2.51. The van der Waals surface area contributed by atoms with Gasteiger partial charge in [0.1, 0.15) is 10.1 Å². The predicted octanol–water partition coefficient (Wildman–Crippen LogP) is 3.87. The molecule has 0 atom stereocenters. The van der Waals surface area contributed by atoms with Crippen molar-refractivity contribution in [3.8, 4) is 0 Å². The van der Waals surface area contributed by atoms with Crippen LogP contribution in [0.15, 0.2) is 53.6 Å². The maximum atomic E-state index is 12.6. The first kappa shape index (κ1) is 19.3. The summed E-state index contributed by atoms with van der Waals surface area (Å²) in [6, 6.07) is 13.4. The predicted molar refractivity (Wildman–Crippen MR) is 113 cm³/mol. The molecule has 1 aliphatic heterocycles. The summed E-state index contributed by atoms with van der Waals surface area (Å²) in [5.41, 5.74) is 2.21. The summed E-state index contributed by atoms with van der Waals surface area (Å²) in [4.78, 5) is 30.8. The molecule has 0 bridgehead atoms. The summed E-state index contributed by atoms with van der Waals surface area (Å²) in [6.07, 6.45) is 4.58. The summed E-state index contributed by atoms with van der Waals surface area (Å²) < 4.78 is 0.474. The van der Waals surface area contributed by atoms with Crippen LogP contribution in [0.3, 0.4) is 0 Å². The number of thioether (sulfide) groups is 1. The maximum Gasteiger partial charge on any atom is 0.266 e. The van der Waals surface area contributed by atoms with Crippen molar-refractivity contribution >= 4 is 52.0 Å². The van der Waals surface area contributed by atoms with Gasteiger partial charge in [-0.15, -0.1) is 0 Å². The molecular weight excluding hydrogens is 378 g/mol. The number of hydrogen-bond acceptors (Lipinski definition) is 5. The second-order valence-corrected chi connectivity index (χ2v) is 7.62. The molecule has 0 saturated carbocycles. The van der Waals surface area contributed by atoms with Crippen LogP contribution in [0.1, 0.15) is 24.5 Å². The van der Waals surface area contributed by atoms with E-state index in [1.54, 1.807) is 24.4 Å². The molecule has 1 aromatic heterocycles. The van der Waals surface area contributed by atoms with Gasteiger partial charge in [-0.2, -0.15) is 0 Å². The first-order valence-electron chi connectivity index (χ1n) is 8.62. The third kappa shape index (κ3) is 5.02. The minimum atomic E-state index is -0.207. The summed E-state index contributed by atoms with van der Waals surface area (Å²) >= 11 is 6.58. The highest BCUT2D eigenvalue weighted by molar-refractivity contribution is 8.26. The molecule has 0 radical (unpaired) electrons. The van der Waals surface area contributed by atoms with Crippen molar-refractivity contribution in [1.82, 2.24) is 9.88 Å². The van der Waals surface area contributed by atoms with Gasteiger partial charge in [0.05, 0.1) is 4.91 Å². The fourth-order valence-electron chi connectivity index (χ4n) is 2.55. The number of thiocarbonyl (C=S) groups is 1. The summed E-state index contributed by atoms with van der Waals surface area (Å²) in [5.74, 6) is 0.125. The zero-order valence-corrected chi connectivity index (χ0v) is 16.5. The van der Waals surface area contributed by atoms with Crippen molar-refractivity contribution < 1.29 is 9.59 Å². The molecule has 1 saturated heterocycles. The van der Waals surface area contributed by atoms with Gasteiger partial charge in [0.2, 0.25) is 5.91 Å². The average Bonchev–Trinajstić information content (AvgIpc) is 2.94. The Morgan fingerprint density at radius 2 is 2.04 bits per heavy atom. The van der Waals surface area contributed by atoms with E-state index >= 15 is 0 Å². The molecule has 27 heavy (non-hydrogen) atoms. The summed E-state index contributed by atoms with van der Waals surface area (Å²) in [6.45, 7) is 2.35. The second-order valence-electron chi connectivity index (χ2n) is 5.94. The Kier molecular flexibility index (Phi) is 6.36. The zero-order chi connectivity index (χ0) is 19.2. The molecule has 5 nitrogen and oxygen atoms in total. The molecular formula is C20H19N3O2S2. The number of rotatable bonds is 6. The van der Waals surface area contributed by atoms with E-state index in [1.807, 2.05) is 18.2 Å². The second kappa shape index (κ2) is 8.92. The average molecular weight is 398 g/mol. The van der Waals surface area contributed by atoms with Gasteiger partial charge in [0.15, 0.2) is 0 Å². The molecule has 7 heteroatoms. The van der Waals surface area contributed by atoms with Gasteiger partial charge in [-0.25, -0.2) is 4.98 Å². The fourth-order valence-corrected chi connectivity index (χ4v) is 3.86. The Labute approximate surface area is 167 Å². The van der Waals surface area contributed by atoms with Crippen LogP contribution < -0.4 is 5.32 Å². The molecule has 0 unspecified atom stereocenters. The van der Waals surface area contributed by atoms with E-state index in [4.69, 9.17) is 12.2 Å². The number of benzene rings is 1. The van der Waals surface area contributed by atoms with Crippen LogP contribution in [0.2, 0.25) is 0 Å². The Morgan fingerprint density at radius 3 is 2.70 bits per heavy atom. The molecule has 3 rings (SSSR count). The number of aryl methyl sites for hydroxylation is 1. The molecule has 1 fully saturated rings. The highest BCUT2D eigenvalue weighted by atomic mass is 32.2. The molecule has 1 N–H and O–H groups in total. The fraction of sp³-hybridized carbons (Fsp3) is 0.200. The molecule has 0 aliphatic carbocycles. The van der Waals surface area contributed by atoms with E-state index in [0.717, 1.165) is 12.0 Å². The number of aromatic nitrogens is 1. The third-order valence-corrected chi connectivity index (χ3v) is 5.43. The van der Waals surface area contributed by atoms with Gasteiger partial charge in [0.25, 0.3) is 5.91 Å². The largest absolute Gasteiger partial charge is 0.311 e. The smallest absolute Gasteiger partial charge is 0.266 e. The van der Waals surface area contributed by atoms with E-state index in [-0.39, 0.29) is 24.8 Å². The number of nitrogens with one attached hydrogen (secondary N) is 1. The van der Waals surface area contributed by atoms with Gasteiger partial charge in [-0.1, -0.05) is 61.2 Å². The Balaban J connectivity index is 1.60. The number of pyridine rings is 1. The van der Waals surface area contributed by atoms with Crippen LogP contribution in [-0.2, 0) is 16.0 Å². The molecule has 2 amide bonds. The van der Waals surface area contributed by atoms with E-state index < -0.39 is 0 Å². The molecule has 0 spiro atoms. The van der Waals surface area contributed by atoms with Gasteiger partial charge in [-0.3, -0.25) is 14.5 Å². The van der Waals surface area contributed by atoms with Crippen molar-refractivity contribution in [3.63, 3.8) is 0 Å². The van der Waals surface area contributed by atoms with Crippen LogP contribution in [0.4, 0.5) is 5.82 Å². The number of carbonyl (C=O) groups excluding carboxylic acids is 2. The number of nitrogens with zero attached hydrogens (tertiary/aromatic N) is 2. The van der Waals surface area contributed by atoms with Crippen LogP contribution in [0, 0.1) is 0 Å². The van der Waals surface area contributed by atoms with Crippen LogP contribution in [-0.4, -0.2) is 32.6 Å². The lowest BCUT2D eigenvalue weighted by atomic mass is 10.1. The summed E-state index contributed by atoms with van der Waals surface area (Å²) in [7, 11) is 0. The maximum absolute atomic E-state index is 12.6. The first-order chi connectivity index (χ1) is 13.1. The van der Waals surface area contributed by atoms with Gasteiger partial charge >= 0.3 is 0 Å². The van der Waals surface area contributed by atoms with Crippen molar-refractivity contribution in [2.45, 2.75) is 19.8 Å². The highest BCUT2D eigenvalue weighted by Gasteiger charge is 2.32. The quantitative estimate of drug-likeness (QED) is 0.592. The van der Waals surface area contributed by atoms with Crippen LogP contribution in [0.25, 0.3) is 6.08 Å². The number of anilines is 1. The number of carbonyl (C=O) groups is 2. The molecule has 2 aromatic rings. The third-order valence-electron chi connectivity index (χ3n) is 4.05. The topological polar surface area (TPSA) is 62.3 Å². The monoisotopic (exact) mass is 397 g/mol. The minimum absolute atomic E-state index is 0.154. The lowest BCUT2D eigenvalue weighted by Crippen LogP contribution is -2.31. The number of amides is 2. The van der Waals surface area contributed by atoms with Crippen molar-refractivity contribution in [2.24, 2.45) is 0 Å². The molecule has 1 aliphatic rings. The lowest BCUT2D eigenvalue weighted by molar-refractivity contribution is -0.122. The molecule has 138 valence electrons. The Bertz CT molecular complexity index is 880. The minimum Gasteiger partial charge on any atom is -0.311 e. The summed E-state index contributed by atoms with van der Waals surface area (Å²) in [5, 5.41) is 2.70. The van der Waals surface area contributed by atoms with Crippen molar-refractivity contribution in [3.05, 3.63) is 64.7 Å². The lowest BCUT2D eigenvalue weighted by Gasteiger charge is -2.13. The molecule has 1 aromatic carbocycles. The van der Waals surface area contributed by atoms with Crippen molar-refractivity contribution in [1.29, 1.82) is 0 Å². The van der Waals surface area contributed by atoms with Gasteiger partial charge < -0.3 is 5.32 Å². The number of hydrogen-bond donors (Lipinski definition) is 1. The van der Waals surface area contributed by atoms with Crippen LogP contribution in [0.5, 0.6) is 0 Å². The highest BCUT2D eigenvalue weighted by Crippen LogP contribution is 2.32. The normalized spacial score (nSPS) is 15.4. The standard InChI is InChI=1S/C20H19N3O2S2/c1-2-14-6-8-15(9-7-14)13-16-19(25)23(20(26)27-16)12-10-18(24)22-17-5-3-4-11-21-17/h3-9,11,13H,2,10,12H2,1H3,(H,21,22,24)/b16-13+. The van der Waals surface area contributed by atoms with Crippen molar-refractivity contribution in [2.75, 3.05) is 11.9 Å². The SMILES string of the molecule is CCc1ccc(/C=C2/SC(=S)N(CCC(=O)Nc3ccccn3)C2=O)cc1. The van der Waals surface area contributed by atoms with Crippen LogP contribution >= 0.6 is 24.0 Å². The zero-order valence-electron chi connectivity index (χ0n) is 14.8. The Morgan fingerprint density at radius 1 is 1.26 bits per heavy atom. The molecule has 2 heterocycles. The van der Waals surface area contributed by atoms with E-state index in [1.165, 1.54) is 22.2 Å². The van der Waals surface area contributed by atoms with E-state index in [9.17, 15) is 9.59 Å². The van der Waals surface area contributed by atoms with Gasteiger partial charge in [-0.05, 0) is 35.8 Å². The van der Waals surface area contributed by atoms with E-state index in [0.29, 0.717) is 15.0 Å². The van der Waals surface area contributed by atoms with Gasteiger partial charge in [0, 0.05) is 19.2 Å².